The van der Waals surface area contributed by atoms with Crippen LogP contribution in [0.3, 0.4) is 0 Å². The molecule has 2 atom stereocenters. The lowest BCUT2D eigenvalue weighted by molar-refractivity contribution is -0.00295. The summed E-state index contributed by atoms with van der Waals surface area (Å²) in [7, 11) is 1.53. The molecule has 1 aromatic heterocycles. The largest absolute Gasteiger partial charge is 0.497 e. The monoisotopic (exact) mass is 371 g/mol. The van der Waals surface area contributed by atoms with Gasteiger partial charge in [-0.1, -0.05) is 0 Å². The minimum Gasteiger partial charge on any atom is -0.497 e. The van der Waals surface area contributed by atoms with E-state index in [0.717, 1.165) is 0 Å². The maximum atomic E-state index is 12.5. The van der Waals surface area contributed by atoms with Gasteiger partial charge in [0, 0.05) is 24.2 Å². The van der Waals surface area contributed by atoms with Gasteiger partial charge in [0.05, 0.1) is 26.4 Å². The van der Waals surface area contributed by atoms with E-state index in [-0.39, 0.29) is 23.7 Å². The number of methoxy groups -OCH3 is 1. The molecule has 0 saturated carbocycles. The Bertz CT molecular complexity index is 809. The van der Waals surface area contributed by atoms with E-state index in [1.54, 1.807) is 36.4 Å². The molecular weight excluding hydrogens is 350 g/mol. The van der Waals surface area contributed by atoms with E-state index < -0.39 is 5.91 Å². The van der Waals surface area contributed by atoms with Crippen molar-refractivity contribution in [1.82, 2.24) is 10.3 Å². The molecule has 3 rings (SSSR count). The first-order valence-electron chi connectivity index (χ1n) is 8.52. The number of carbonyl (C=O) groups excluding carboxylic acids is 2. The van der Waals surface area contributed by atoms with Crippen molar-refractivity contribution in [2.75, 3.05) is 20.3 Å². The van der Waals surface area contributed by atoms with Crippen LogP contribution in [0.25, 0.3) is 0 Å². The third-order valence-corrected chi connectivity index (χ3v) is 4.24. The Balaban J connectivity index is 1.67. The number of hydrogen-bond acceptors (Lipinski definition) is 6. The smallest absolute Gasteiger partial charge is 0.270 e. The van der Waals surface area contributed by atoms with E-state index in [1.807, 2.05) is 0 Å². The summed E-state index contributed by atoms with van der Waals surface area (Å²) >= 11 is 0. The maximum Gasteiger partial charge on any atom is 0.270 e. The Morgan fingerprint density at radius 1 is 1.22 bits per heavy atom. The van der Waals surface area contributed by atoms with Crippen LogP contribution in [0, 0.1) is 0 Å². The second-order valence-corrected chi connectivity index (χ2v) is 6.07. The summed E-state index contributed by atoms with van der Waals surface area (Å²) < 4.78 is 16.6. The van der Waals surface area contributed by atoms with Crippen LogP contribution in [0.1, 0.15) is 27.3 Å². The molecule has 1 saturated heterocycles. The SMILES string of the molecule is COc1ccnc(C(=O)N[C@@H]2COCC[C@H]2Oc2ccc(C(N)=O)cc2)c1. The van der Waals surface area contributed by atoms with Gasteiger partial charge >= 0.3 is 0 Å². The lowest BCUT2D eigenvalue weighted by Crippen LogP contribution is -2.52. The topological polar surface area (TPSA) is 113 Å². The van der Waals surface area contributed by atoms with Crippen molar-refractivity contribution in [2.24, 2.45) is 5.73 Å². The second kappa shape index (κ2) is 8.50. The quantitative estimate of drug-likeness (QED) is 0.788. The van der Waals surface area contributed by atoms with Crippen molar-refractivity contribution in [3.05, 3.63) is 53.9 Å². The van der Waals surface area contributed by atoms with E-state index in [4.69, 9.17) is 19.9 Å². The number of rotatable bonds is 6. The number of pyridine rings is 1. The number of nitrogens with zero attached hydrogens (tertiary/aromatic N) is 1. The fraction of sp³-hybridized carbons (Fsp3) is 0.316. The Labute approximate surface area is 156 Å². The third-order valence-electron chi connectivity index (χ3n) is 4.24. The highest BCUT2D eigenvalue weighted by Gasteiger charge is 2.29. The molecule has 1 aromatic carbocycles. The summed E-state index contributed by atoms with van der Waals surface area (Å²) in [5, 5.41) is 2.91. The van der Waals surface area contributed by atoms with Gasteiger partial charge in [-0.2, -0.15) is 0 Å². The lowest BCUT2D eigenvalue weighted by atomic mass is 10.1. The number of nitrogens with one attached hydrogen (secondary N) is 1. The molecule has 0 radical (unpaired) electrons. The third kappa shape index (κ3) is 4.73. The molecule has 2 amide bonds. The molecule has 0 aliphatic carbocycles. The molecule has 8 heteroatoms. The number of carbonyl (C=O) groups is 2. The van der Waals surface area contributed by atoms with Crippen molar-refractivity contribution < 1.29 is 23.8 Å². The van der Waals surface area contributed by atoms with E-state index >= 15 is 0 Å². The number of benzene rings is 1. The molecule has 2 heterocycles. The highest BCUT2D eigenvalue weighted by molar-refractivity contribution is 5.93. The number of hydrogen-bond donors (Lipinski definition) is 2. The normalized spacial score (nSPS) is 19.1. The van der Waals surface area contributed by atoms with Crippen molar-refractivity contribution in [3.63, 3.8) is 0 Å². The van der Waals surface area contributed by atoms with Crippen molar-refractivity contribution in [2.45, 2.75) is 18.6 Å². The van der Waals surface area contributed by atoms with E-state index in [0.29, 0.717) is 36.7 Å². The first-order chi connectivity index (χ1) is 13.1. The molecule has 1 fully saturated rings. The van der Waals surface area contributed by atoms with Crippen LogP contribution in [0.5, 0.6) is 11.5 Å². The van der Waals surface area contributed by atoms with Crippen molar-refractivity contribution >= 4 is 11.8 Å². The van der Waals surface area contributed by atoms with E-state index in [2.05, 4.69) is 10.3 Å². The fourth-order valence-corrected chi connectivity index (χ4v) is 2.77. The van der Waals surface area contributed by atoms with Crippen LogP contribution in [0.15, 0.2) is 42.6 Å². The molecule has 0 bridgehead atoms. The zero-order valence-electron chi connectivity index (χ0n) is 14.9. The average molecular weight is 371 g/mol. The van der Waals surface area contributed by atoms with Crippen LogP contribution in [0.4, 0.5) is 0 Å². The molecule has 0 unspecified atom stereocenters. The van der Waals surface area contributed by atoms with Gasteiger partial charge in [-0.05, 0) is 30.3 Å². The first-order valence-corrected chi connectivity index (χ1v) is 8.52. The van der Waals surface area contributed by atoms with Crippen LogP contribution < -0.4 is 20.5 Å². The number of amides is 2. The highest BCUT2D eigenvalue weighted by atomic mass is 16.5. The molecule has 1 aliphatic rings. The van der Waals surface area contributed by atoms with Gasteiger partial charge in [0.15, 0.2) is 0 Å². The Morgan fingerprint density at radius 3 is 2.70 bits per heavy atom. The highest BCUT2D eigenvalue weighted by Crippen LogP contribution is 2.19. The van der Waals surface area contributed by atoms with E-state index in [9.17, 15) is 9.59 Å². The van der Waals surface area contributed by atoms with Gasteiger partial charge in [0.1, 0.15) is 23.3 Å². The van der Waals surface area contributed by atoms with Gasteiger partial charge < -0.3 is 25.3 Å². The molecule has 0 spiro atoms. The van der Waals surface area contributed by atoms with Gasteiger partial charge in [0.2, 0.25) is 5.91 Å². The predicted octanol–water partition coefficient (Wildman–Crippen LogP) is 1.16. The van der Waals surface area contributed by atoms with Crippen LogP contribution in [-0.4, -0.2) is 49.3 Å². The van der Waals surface area contributed by atoms with Crippen LogP contribution >= 0.6 is 0 Å². The van der Waals surface area contributed by atoms with Crippen molar-refractivity contribution in [1.29, 1.82) is 0 Å². The van der Waals surface area contributed by atoms with Crippen LogP contribution in [-0.2, 0) is 4.74 Å². The first kappa shape index (κ1) is 18.7. The Hall–Kier alpha value is -3.13. The molecule has 8 nitrogen and oxygen atoms in total. The zero-order chi connectivity index (χ0) is 19.2. The molecule has 142 valence electrons. The fourth-order valence-electron chi connectivity index (χ4n) is 2.77. The number of primary amides is 1. The molecule has 27 heavy (non-hydrogen) atoms. The number of ether oxygens (including phenoxy) is 3. The summed E-state index contributed by atoms with van der Waals surface area (Å²) in [6, 6.07) is 9.46. The second-order valence-electron chi connectivity index (χ2n) is 6.07. The van der Waals surface area contributed by atoms with E-state index in [1.165, 1.54) is 13.3 Å². The summed E-state index contributed by atoms with van der Waals surface area (Å²) in [5.41, 5.74) is 5.90. The average Bonchev–Trinajstić information content (AvgIpc) is 2.70. The molecular formula is C19H21N3O5. The minimum absolute atomic E-state index is 0.254. The Kier molecular flexibility index (Phi) is 5.87. The minimum atomic E-state index is -0.497. The number of aromatic nitrogens is 1. The van der Waals surface area contributed by atoms with Crippen LogP contribution in [0.2, 0.25) is 0 Å². The number of nitrogens with two attached hydrogens (primary N) is 1. The van der Waals surface area contributed by atoms with Gasteiger partial charge in [0.25, 0.3) is 5.91 Å². The predicted molar refractivity (Wildman–Crippen MR) is 96.9 cm³/mol. The Morgan fingerprint density at radius 2 is 2.00 bits per heavy atom. The maximum absolute atomic E-state index is 12.5. The van der Waals surface area contributed by atoms with Gasteiger partial charge in [-0.3, -0.25) is 14.6 Å². The molecule has 3 N–H and O–H groups in total. The van der Waals surface area contributed by atoms with Gasteiger partial charge in [-0.25, -0.2) is 0 Å². The van der Waals surface area contributed by atoms with Gasteiger partial charge in [-0.15, -0.1) is 0 Å². The van der Waals surface area contributed by atoms with Crippen molar-refractivity contribution in [3.8, 4) is 11.5 Å². The summed E-state index contributed by atoms with van der Waals surface area (Å²) in [5.74, 6) is 0.314. The standard InChI is InChI=1S/C19H21N3O5/c1-25-14-6-8-21-15(10-14)19(24)22-16-11-26-9-7-17(16)27-13-4-2-12(3-5-13)18(20)23/h2-6,8,10,16-17H,7,9,11H2,1H3,(H2,20,23)(H,22,24)/t16-,17-/m1/s1. The summed E-state index contributed by atoms with van der Waals surface area (Å²) in [4.78, 5) is 27.7. The zero-order valence-corrected chi connectivity index (χ0v) is 14.9. The lowest BCUT2D eigenvalue weighted by Gasteiger charge is -2.32. The molecule has 2 aromatic rings. The summed E-state index contributed by atoms with van der Waals surface area (Å²) in [6.45, 7) is 0.869. The summed E-state index contributed by atoms with van der Waals surface area (Å²) in [6.07, 6.45) is 1.86. The molecule has 1 aliphatic heterocycles.